The molecule has 0 amide bonds. The van der Waals surface area contributed by atoms with E-state index in [1.54, 1.807) is 0 Å². The Morgan fingerprint density at radius 2 is 2.17 bits per heavy atom. The first-order chi connectivity index (χ1) is 8.52. The predicted molar refractivity (Wildman–Crippen MR) is 76.1 cm³/mol. The van der Waals surface area contributed by atoms with Crippen molar-refractivity contribution in [2.45, 2.75) is 25.9 Å². The van der Waals surface area contributed by atoms with E-state index >= 15 is 0 Å². The Balaban J connectivity index is 2.17. The average molecular weight is 366 g/mol. The van der Waals surface area contributed by atoms with Crippen molar-refractivity contribution in [2.75, 3.05) is 13.1 Å². The maximum absolute atomic E-state index is 13.9. The second-order valence-corrected chi connectivity index (χ2v) is 6.10. The maximum Gasteiger partial charge on any atom is 0.143 e. The average Bonchev–Trinajstić information content (AvgIpc) is 2.70. The molecule has 1 aliphatic heterocycles. The molecule has 100 valence electrons. The third kappa shape index (κ3) is 2.83. The van der Waals surface area contributed by atoms with E-state index in [0.29, 0.717) is 28.6 Å². The van der Waals surface area contributed by atoms with Crippen LogP contribution in [0.5, 0.6) is 0 Å². The number of halogens is 3. The molecule has 1 aromatic rings. The minimum absolute atomic E-state index is 0.173. The molecule has 0 spiro atoms. The Bertz CT molecular complexity index is 439. The molecular formula is C13H17F2IN2. The molecule has 5 heteroatoms. The summed E-state index contributed by atoms with van der Waals surface area (Å²) < 4.78 is 28.1. The standard InChI is InChI=1S/C13H17F2IN2/c1-8-4-9(5-17)6-18(8)7-10-11(14)2-3-12(16)13(10)15/h2-3,8-9H,4-7,17H2,1H3. The number of rotatable bonds is 3. The molecule has 2 rings (SSSR count). The lowest BCUT2D eigenvalue weighted by Crippen LogP contribution is -2.28. The maximum atomic E-state index is 13.9. The molecule has 18 heavy (non-hydrogen) atoms. The highest BCUT2D eigenvalue weighted by molar-refractivity contribution is 14.1. The number of nitrogens with zero attached hydrogens (tertiary/aromatic N) is 1. The van der Waals surface area contributed by atoms with Gasteiger partial charge < -0.3 is 5.73 Å². The molecular weight excluding hydrogens is 349 g/mol. The van der Waals surface area contributed by atoms with Crippen LogP contribution >= 0.6 is 22.6 Å². The zero-order valence-electron chi connectivity index (χ0n) is 10.3. The topological polar surface area (TPSA) is 29.3 Å². The number of hydrogen-bond acceptors (Lipinski definition) is 2. The highest BCUT2D eigenvalue weighted by Crippen LogP contribution is 2.27. The minimum Gasteiger partial charge on any atom is -0.330 e. The van der Waals surface area contributed by atoms with Gasteiger partial charge in [0.05, 0.1) is 0 Å². The molecule has 1 aliphatic rings. The van der Waals surface area contributed by atoms with Gasteiger partial charge in [-0.15, -0.1) is 0 Å². The molecule has 0 saturated carbocycles. The van der Waals surface area contributed by atoms with E-state index in [-0.39, 0.29) is 5.56 Å². The van der Waals surface area contributed by atoms with Crippen LogP contribution in [0, 0.1) is 21.1 Å². The van der Waals surface area contributed by atoms with Gasteiger partial charge in [-0.05, 0) is 60.5 Å². The van der Waals surface area contributed by atoms with E-state index in [4.69, 9.17) is 5.73 Å². The molecule has 1 aromatic carbocycles. The summed E-state index contributed by atoms with van der Waals surface area (Å²) in [6.45, 7) is 3.87. The van der Waals surface area contributed by atoms with Crippen molar-refractivity contribution in [1.82, 2.24) is 4.90 Å². The Kier molecular flexibility index (Phi) is 4.55. The number of nitrogens with two attached hydrogens (primary N) is 1. The van der Waals surface area contributed by atoms with Gasteiger partial charge in [-0.2, -0.15) is 0 Å². The van der Waals surface area contributed by atoms with Crippen molar-refractivity contribution in [1.29, 1.82) is 0 Å². The van der Waals surface area contributed by atoms with Crippen LogP contribution in [-0.4, -0.2) is 24.0 Å². The van der Waals surface area contributed by atoms with Crippen LogP contribution in [-0.2, 0) is 6.54 Å². The Morgan fingerprint density at radius 1 is 1.44 bits per heavy atom. The van der Waals surface area contributed by atoms with Gasteiger partial charge in [0.1, 0.15) is 11.6 Å². The highest BCUT2D eigenvalue weighted by Gasteiger charge is 2.29. The van der Waals surface area contributed by atoms with E-state index < -0.39 is 11.6 Å². The molecule has 1 fully saturated rings. The molecule has 0 aliphatic carbocycles. The van der Waals surface area contributed by atoms with Gasteiger partial charge in [0.25, 0.3) is 0 Å². The Labute approximate surface area is 120 Å². The molecule has 0 aromatic heterocycles. The number of likely N-dealkylation sites (tertiary alicyclic amines) is 1. The highest BCUT2D eigenvalue weighted by atomic mass is 127. The van der Waals surface area contributed by atoms with Crippen molar-refractivity contribution in [3.05, 3.63) is 32.9 Å². The van der Waals surface area contributed by atoms with Crippen molar-refractivity contribution in [2.24, 2.45) is 11.7 Å². The summed E-state index contributed by atoms with van der Waals surface area (Å²) in [6.07, 6.45) is 1.00. The lowest BCUT2D eigenvalue weighted by Gasteiger charge is -2.21. The monoisotopic (exact) mass is 366 g/mol. The fourth-order valence-corrected chi connectivity index (χ4v) is 3.03. The molecule has 2 unspecified atom stereocenters. The normalized spacial score (nSPS) is 24.7. The van der Waals surface area contributed by atoms with Crippen molar-refractivity contribution in [3.8, 4) is 0 Å². The Morgan fingerprint density at radius 3 is 2.78 bits per heavy atom. The zero-order valence-corrected chi connectivity index (χ0v) is 12.5. The third-order valence-corrected chi connectivity index (χ3v) is 4.46. The van der Waals surface area contributed by atoms with Crippen LogP contribution in [0.25, 0.3) is 0 Å². The fourth-order valence-electron chi connectivity index (χ4n) is 2.53. The number of benzene rings is 1. The molecule has 0 radical (unpaired) electrons. The summed E-state index contributed by atoms with van der Waals surface area (Å²) in [5.74, 6) is -0.454. The number of hydrogen-bond donors (Lipinski definition) is 1. The van der Waals surface area contributed by atoms with Crippen LogP contribution in [0.4, 0.5) is 8.78 Å². The lowest BCUT2D eigenvalue weighted by atomic mass is 10.1. The van der Waals surface area contributed by atoms with E-state index in [1.807, 2.05) is 22.6 Å². The van der Waals surface area contributed by atoms with E-state index in [2.05, 4.69) is 11.8 Å². The largest absolute Gasteiger partial charge is 0.330 e. The van der Waals surface area contributed by atoms with Gasteiger partial charge in [-0.1, -0.05) is 0 Å². The molecule has 2 N–H and O–H groups in total. The van der Waals surface area contributed by atoms with Gasteiger partial charge in [0, 0.05) is 28.3 Å². The quantitative estimate of drug-likeness (QED) is 0.659. The van der Waals surface area contributed by atoms with Crippen LogP contribution in [0.3, 0.4) is 0 Å². The third-order valence-electron chi connectivity index (χ3n) is 3.62. The van der Waals surface area contributed by atoms with Crippen LogP contribution in [0.2, 0.25) is 0 Å². The first-order valence-corrected chi connectivity index (χ1v) is 7.17. The Hall–Kier alpha value is -0.270. The van der Waals surface area contributed by atoms with Crippen LogP contribution < -0.4 is 5.73 Å². The summed E-state index contributed by atoms with van der Waals surface area (Å²) in [4.78, 5) is 2.11. The second kappa shape index (κ2) is 5.79. The zero-order chi connectivity index (χ0) is 13.3. The van der Waals surface area contributed by atoms with Crippen molar-refractivity contribution >= 4 is 22.6 Å². The molecule has 1 heterocycles. The van der Waals surface area contributed by atoms with E-state index in [0.717, 1.165) is 13.0 Å². The summed E-state index contributed by atoms with van der Waals surface area (Å²) in [5, 5.41) is 0. The van der Waals surface area contributed by atoms with Gasteiger partial charge in [-0.25, -0.2) is 8.78 Å². The van der Waals surface area contributed by atoms with Gasteiger partial charge in [-0.3, -0.25) is 4.90 Å². The molecule has 2 atom stereocenters. The lowest BCUT2D eigenvalue weighted by molar-refractivity contribution is 0.248. The molecule has 2 nitrogen and oxygen atoms in total. The smallest absolute Gasteiger partial charge is 0.143 e. The first-order valence-electron chi connectivity index (χ1n) is 6.09. The predicted octanol–water partition coefficient (Wildman–Crippen LogP) is 2.74. The van der Waals surface area contributed by atoms with Gasteiger partial charge >= 0.3 is 0 Å². The fraction of sp³-hybridized carbons (Fsp3) is 0.538. The summed E-state index contributed by atoms with van der Waals surface area (Å²) >= 11 is 1.89. The summed E-state index contributed by atoms with van der Waals surface area (Å²) in [5.41, 5.74) is 5.83. The summed E-state index contributed by atoms with van der Waals surface area (Å²) in [7, 11) is 0. The SMILES string of the molecule is CC1CC(CN)CN1Cc1c(F)ccc(I)c1F. The minimum atomic E-state index is -0.462. The molecule has 0 bridgehead atoms. The van der Waals surface area contributed by atoms with Gasteiger partial charge in [0.15, 0.2) is 0 Å². The van der Waals surface area contributed by atoms with E-state index in [9.17, 15) is 8.78 Å². The molecule has 1 saturated heterocycles. The van der Waals surface area contributed by atoms with Crippen molar-refractivity contribution < 1.29 is 8.78 Å². The van der Waals surface area contributed by atoms with Crippen LogP contribution in [0.15, 0.2) is 12.1 Å². The van der Waals surface area contributed by atoms with Crippen LogP contribution in [0.1, 0.15) is 18.9 Å². The van der Waals surface area contributed by atoms with Crippen molar-refractivity contribution in [3.63, 3.8) is 0 Å². The first kappa shape index (κ1) is 14.1. The van der Waals surface area contributed by atoms with Gasteiger partial charge in [0.2, 0.25) is 0 Å². The second-order valence-electron chi connectivity index (χ2n) is 4.94. The summed E-state index contributed by atoms with van der Waals surface area (Å²) in [6, 6.07) is 3.13. The van der Waals surface area contributed by atoms with E-state index in [1.165, 1.54) is 12.1 Å².